The van der Waals surface area contributed by atoms with Gasteiger partial charge in [-0.25, -0.2) is 4.79 Å². The zero-order chi connectivity index (χ0) is 18.7. The highest BCUT2D eigenvalue weighted by Gasteiger charge is 2.16. The number of hydrogen-bond donors (Lipinski definition) is 1. The molecule has 4 heteroatoms. The second-order valence-corrected chi connectivity index (χ2v) is 7.54. The molecular formula is C22H26N2O2. The van der Waals surface area contributed by atoms with E-state index in [0.29, 0.717) is 6.54 Å². The molecule has 0 saturated carbocycles. The van der Waals surface area contributed by atoms with Gasteiger partial charge in [0.05, 0.1) is 0 Å². The quantitative estimate of drug-likeness (QED) is 0.726. The van der Waals surface area contributed by atoms with Crippen LogP contribution >= 0.6 is 0 Å². The summed E-state index contributed by atoms with van der Waals surface area (Å²) in [6.07, 6.45) is 2.52. The maximum Gasteiger partial charge on any atom is 0.407 e. The predicted octanol–water partition coefficient (Wildman–Crippen LogP) is 4.91. The lowest BCUT2D eigenvalue weighted by atomic mass is 10.0. The molecule has 0 aliphatic carbocycles. The molecular weight excluding hydrogens is 324 g/mol. The zero-order valence-corrected chi connectivity index (χ0v) is 15.9. The summed E-state index contributed by atoms with van der Waals surface area (Å²) in [5.74, 6) is 0. The highest BCUT2D eigenvalue weighted by molar-refractivity contribution is 5.88. The molecule has 2 aromatic carbocycles. The molecule has 1 amide bonds. The van der Waals surface area contributed by atoms with Crippen molar-refractivity contribution < 1.29 is 9.53 Å². The van der Waals surface area contributed by atoms with E-state index in [0.717, 1.165) is 6.42 Å². The van der Waals surface area contributed by atoms with Gasteiger partial charge in [-0.2, -0.15) is 0 Å². The summed E-state index contributed by atoms with van der Waals surface area (Å²) in [6.45, 7) is 6.14. The van der Waals surface area contributed by atoms with Crippen LogP contribution in [0.1, 0.15) is 26.3 Å². The van der Waals surface area contributed by atoms with Crippen molar-refractivity contribution in [1.82, 2.24) is 9.88 Å². The molecule has 0 unspecified atom stereocenters. The first-order valence-corrected chi connectivity index (χ1v) is 8.94. The summed E-state index contributed by atoms with van der Waals surface area (Å²) in [5.41, 5.74) is 4.34. The summed E-state index contributed by atoms with van der Waals surface area (Å²) >= 11 is 0. The van der Waals surface area contributed by atoms with Gasteiger partial charge in [0, 0.05) is 30.7 Å². The molecule has 0 aliphatic heterocycles. The fraction of sp³-hybridized carbons (Fsp3) is 0.318. The van der Waals surface area contributed by atoms with E-state index in [1.54, 1.807) is 0 Å². The number of benzene rings is 2. The SMILES string of the molecule is Cn1cc(CCNC(=O)OC(C)(C)C)c2cc(-c3ccccc3)ccc21. The van der Waals surface area contributed by atoms with E-state index in [9.17, 15) is 4.79 Å². The molecule has 3 aromatic rings. The van der Waals surface area contributed by atoms with Gasteiger partial charge in [-0.15, -0.1) is 0 Å². The minimum absolute atomic E-state index is 0.372. The number of alkyl carbamates (subject to hydrolysis) is 1. The van der Waals surface area contributed by atoms with Crippen LogP contribution in [0.3, 0.4) is 0 Å². The van der Waals surface area contributed by atoms with Gasteiger partial charge < -0.3 is 14.6 Å². The van der Waals surface area contributed by atoms with Crippen LogP contribution in [0.15, 0.2) is 54.7 Å². The maximum atomic E-state index is 11.8. The normalized spacial score (nSPS) is 11.5. The molecule has 0 saturated heterocycles. The molecule has 1 N–H and O–H groups in total. The van der Waals surface area contributed by atoms with Crippen molar-refractivity contribution in [3.05, 3.63) is 60.3 Å². The Kier molecular flexibility index (Phi) is 5.03. The molecule has 0 aliphatic rings. The van der Waals surface area contributed by atoms with E-state index in [2.05, 4.69) is 65.6 Å². The van der Waals surface area contributed by atoms with E-state index in [4.69, 9.17) is 4.74 Å². The summed E-state index contributed by atoms with van der Waals surface area (Å²) in [5, 5.41) is 4.06. The van der Waals surface area contributed by atoms with Crippen molar-refractivity contribution in [2.75, 3.05) is 6.54 Å². The van der Waals surface area contributed by atoms with Crippen molar-refractivity contribution in [2.45, 2.75) is 32.8 Å². The minimum atomic E-state index is -0.478. The van der Waals surface area contributed by atoms with Crippen molar-refractivity contribution in [1.29, 1.82) is 0 Å². The lowest BCUT2D eigenvalue weighted by Crippen LogP contribution is -2.33. The average Bonchev–Trinajstić information content (AvgIpc) is 2.90. The van der Waals surface area contributed by atoms with Crippen LogP contribution in [0.25, 0.3) is 22.0 Å². The summed E-state index contributed by atoms with van der Waals surface area (Å²) in [4.78, 5) is 11.8. The fourth-order valence-electron chi connectivity index (χ4n) is 3.10. The molecule has 26 heavy (non-hydrogen) atoms. The van der Waals surface area contributed by atoms with Gasteiger partial charge in [-0.1, -0.05) is 36.4 Å². The molecule has 0 fully saturated rings. The number of amides is 1. The number of carbonyl (C=O) groups is 1. The van der Waals surface area contributed by atoms with E-state index < -0.39 is 5.60 Å². The summed E-state index contributed by atoms with van der Waals surface area (Å²) in [7, 11) is 2.05. The molecule has 0 radical (unpaired) electrons. The first kappa shape index (κ1) is 18.1. The minimum Gasteiger partial charge on any atom is -0.444 e. The van der Waals surface area contributed by atoms with Crippen LogP contribution < -0.4 is 5.32 Å². The number of nitrogens with one attached hydrogen (secondary N) is 1. The van der Waals surface area contributed by atoms with Crippen LogP contribution in [-0.2, 0) is 18.2 Å². The first-order valence-electron chi connectivity index (χ1n) is 8.94. The van der Waals surface area contributed by atoms with Gasteiger partial charge in [-0.05, 0) is 56.0 Å². The Bertz CT molecular complexity index is 905. The topological polar surface area (TPSA) is 43.3 Å². The van der Waals surface area contributed by atoms with Gasteiger partial charge in [0.15, 0.2) is 0 Å². The largest absolute Gasteiger partial charge is 0.444 e. The van der Waals surface area contributed by atoms with Crippen LogP contribution in [0.5, 0.6) is 0 Å². The van der Waals surface area contributed by atoms with E-state index in [-0.39, 0.29) is 6.09 Å². The van der Waals surface area contributed by atoms with Crippen LogP contribution in [0, 0.1) is 0 Å². The Hall–Kier alpha value is -2.75. The van der Waals surface area contributed by atoms with Crippen LogP contribution in [-0.4, -0.2) is 22.8 Å². The fourth-order valence-corrected chi connectivity index (χ4v) is 3.10. The number of carbonyl (C=O) groups excluding carboxylic acids is 1. The van der Waals surface area contributed by atoms with Gasteiger partial charge in [0.1, 0.15) is 5.60 Å². The Morgan fingerprint density at radius 1 is 1.08 bits per heavy atom. The average molecular weight is 350 g/mol. The molecule has 4 nitrogen and oxygen atoms in total. The molecule has 1 heterocycles. The van der Waals surface area contributed by atoms with E-state index in [1.807, 2.05) is 26.8 Å². The second-order valence-electron chi connectivity index (χ2n) is 7.54. The van der Waals surface area contributed by atoms with Crippen LogP contribution in [0.2, 0.25) is 0 Å². The summed E-state index contributed by atoms with van der Waals surface area (Å²) in [6, 6.07) is 16.9. The van der Waals surface area contributed by atoms with E-state index in [1.165, 1.54) is 27.6 Å². The third kappa shape index (κ3) is 4.26. The Balaban J connectivity index is 1.77. The monoisotopic (exact) mass is 350 g/mol. The maximum absolute atomic E-state index is 11.8. The number of fused-ring (bicyclic) bond motifs is 1. The standard InChI is InChI=1S/C22H26N2O2/c1-22(2,3)26-21(25)23-13-12-18-15-24(4)20-11-10-17(14-19(18)20)16-8-6-5-7-9-16/h5-11,14-15H,12-13H2,1-4H3,(H,23,25). The van der Waals surface area contributed by atoms with Crippen molar-refractivity contribution in [3.63, 3.8) is 0 Å². The van der Waals surface area contributed by atoms with Crippen molar-refractivity contribution in [2.24, 2.45) is 7.05 Å². The number of rotatable bonds is 4. The van der Waals surface area contributed by atoms with Crippen molar-refractivity contribution >= 4 is 17.0 Å². The molecule has 136 valence electrons. The summed E-state index contributed by atoms with van der Waals surface area (Å²) < 4.78 is 7.42. The Labute approximate surface area is 154 Å². The Morgan fingerprint density at radius 3 is 2.50 bits per heavy atom. The third-order valence-electron chi connectivity index (χ3n) is 4.24. The molecule has 0 spiro atoms. The van der Waals surface area contributed by atoms with Gasteiger partial charge in [-0.3, -0.25) is 0 Å². The second kappa shape index (κ2) is 7.24. The number of aromatic nitrogens is 1. The number of nitrogens with zero attached hydrogens (tertiary/aromatic N) is 1. The van der Waals surface area contributed by atoms with Crippen LogP contribution in [0.4, 0.5) is 4.79 Å². The number of aryl methyl sites for hydroxylation is 1. The van der Waals surface area contributed by atoms with E-state index >= 15 is 0 Å². The zero-order valence-electron chi connectivity index (χ0n) is 15.9. The number of hydrogen-bond acceptors (Lipinski definition) is 2. The predicted molar refractivity (Wildman–Crippen MR) is 106 cm³/mol. The van der Waals surface area contributed by atoms with Gasteiger partial charge >= 0.3 is 6.09 Å². The van der Waals surface area contributed by atoms with Gasteiger partial charge in [0.25, 0.3) is 0 Å². The lowest BCUT2D eigenvalue weighted by molar-refractivity contribution is 0.0528. The molecule has 0 atom stereocenters. The Morgan fingerprint density at radius 2 is 1.81 bits per heavy atom. The van der Waals surface area contributed by atoms with Crippen molar-refractivity contribution in [3.8, 4) is 11.1 Å². The first-order chi connectivity index (χ1) is 12.3. The molecule has 3 rings (SSSR count). The third-order valence-corrected chi connectivity index (χ3v) is 4.24. The lowest BCUT2D eigenvalue weighted by Gasteiger charge is -2.19. The highest BCUT2D eigenvalue weighted by atomic mass is 16.6. The van der Waals surface area contributed by atoms with Gasteiger partial charge in [0.2, 0.25) is 0 Å². The molecule has 0 bridgehead atoms. The molecule has 1 aromatic heterocycles. The smallest absolute Gasteiger partial charge is 0.407 e. The number of ether oxygens (including phenoxy) is 1. The highest BCUT2D eigenvalue weighted by Crippen LogP contribution is 2.27.